The number of hydrogen-bond donors (Lipinski definition) is 1. The monoisotopic (exact) mass is 502 g/mol. The Kier molecular flexibility index (Phi) is 5.64. The molecule has 2 atom stereocenters. The third kappa shape index (κ3) is 3.58. The smallest absolute Gasteiger partial charge is 0.407 e. The molecule has 2 saturated heterocycles. The molecule has 5 heterocycles. The van der Waals surface area contributed by atoms with Gasteiger partial charge >= 0.3 is 11.8 Å². The second-order valence-corrected chi connectivity index (χ2v) is 9.95. The number of nitrogens with zero attached hydrogens (tertiary/aromatic N) is 6. The molecular weight excluding hydrogens is 479 g/mol. The van der Waals surface area contributed by atoms with Crippen molar-refractivity contribution >= 4 is 46.1 Å². The van der Waals surface area contributed by atoms with Crippen molar-refractivity contribution in [1.82, 2.24) is 24.4 Å². The van der Waals surface area contributed by atoms with E-state index in [1.807, 2.05) is 26.8 Å². The summed E-state index contributed by atoms with van der Waals surface area (Å²) in [5.41, 5.74) is 2.10. The molecule has 0 saturated carbocycles. The zero-order valence-corrected chi connectivity index (χ0v) is 20.5. The molecule has 11 heteroatoms. The second-order valence-electron chi connectivity index (χ2n) is 9.18. The average molecular weight is 503 g/mol. The number of amides is 1. The molecule has 0 aliphatic carbocycles. The molecule has 2 bridgehead atoms. The highest BCUT2D eigenvalue weighted by atomic mass is 35.5. The Labute approximate surface area is 206 Å². The van der Waals surface area contributed by atoms with E-state index in [4.69, 9.17) is 23.2 Å². The van der Waals surface area contributed by atoms with Gasteiger partial charge in [-0.05, 0) is 43.4 Å². The van der Waals surface area contributed by atoms with Crippen molar-refractivity contribution in [3.8, 4) is 5.69 Å². The molecule has 2 unspecified atom stereocenters. The first-order valence-electron chi connectivity index (χ1n) is 11.2. The summed E-state index contributed by atoms with van der Waals surface area (Å²) in [4.78, 5) is 42.2. The van der Waals surface area contributed by atoms with E-state index in [1.165, 1.54) is 9.47 Å². The van der Waals surface area contributed by atoms with Crippen molar-refractivity contribution in [3.05, 3.63) is 50.2 Å². The number of halogens is 2. The summed E-state index contributed by atoms with van der Waals surface area (Å²) in [6, 6.07) is 3.37. The lowest BCUT2D eigenvalue weighted by molar-refractivity contribution is 0.133. The summed E-state index contributed by atoms with van der Waals surface area (Å²) >= 11 is 12.7. The summed E-state index contributed by atoms with van der Waals surface area (Å²) in [6.45, 7) is 6.64. The molecule has 2 aliphatic rings. The highest BCUT2D eigenvalue weighted by Gasteiger charge is 2.43. The van der Waals surface area contributed by atoms with E-state index in [1.54, 1.807) is 12.3 Å². The second kappa shape index (κ2) is 8.39. The minimum atomic E-state index is -0.936. The molecule has 1 N–H and O–H groups in total. The summed E-state index contributed by atoms with van der Waals surface area (Å²) in [6.07, 6.45) is 2.42. The highest BCUT2D eigenvalue weighted by molar-refractivity contribution is 6.41. The standard InChI is InChI=1S/C23H24Cl2N6O3/c1-11(2)17-18(12(3)6-7-26-17)31-20-15(8-16(24)19(25)27-20)21(28-22(31)32)30-13-4-5-14(30)10-29(9-13)23(33)34/h6-8,11,13-14H,4-5,9-10H2,1-3H3,(H,33,34). The maximum absolute atomic E-state index is 13.6. The summed E-state index contributed by atoms with van der Waals surface area (Å²) in [5.74, 6) is 0.520. The van der Waals surface area contributed by atoms with Gasteiger partial charge in [0.05, 0.1) is 21.8 Å². The number of likely N-dealkylation sites (tertiary alicyclic amines) is 1. The van der Waals surface area contributed by atoms with E-state index < -0.39 is 11.8 Å². The van der Waals surface area contributed by atoms with Crippen molar-refractivity contribution < 1.29 is 9.90 Å². The van der Waals surface area contributed by atoms with Crippen LogP contribution in [0.4, 0.5) is 10.6 Å². The van der Waals surface area contributed by atoms with Crippen LogP contribution in [0.25, 0.3) is 16.7 Å². The van der Waals surface area contributed by atoms with Gasteiger partial charge in [0.1, 0.15) is 11.0 Å². The van der Waals surface area contributed by atoms with Crippen LogP contribution in [0.1, 0.15) is 43.9 Å². The predicted octanol–water partition coefficient (Wildman–Crippen LogP) is 4.25. The number of carbonyl (C=O) groups is 1. The van der Waals surface area contributed by atoms with Crippen LogP contribution < -0.4 is 10.6 Å². The third-order valence-electron chi connectivity index (χ3n) is 6.68. The molecule has 9 nitrogen and oxygen atoms in total. The molecule has 34 heavy (non-hydrogen) atoms. The Morgan fingerprint density at radius 1 is 1.18 bits per heavy atom. The largest absolute Gasteiger partial charge is 0.465 e. The normalized spacial score (nSPS) is 19.9. The minimum absolute atomic E-state index is 0.0549. The number of pyridine rings is 2. The molecule has 0 aromatic carbocycles. The Hall–Kier alpha value is -2.91. The number of fused-ring (bicyclic) bond motifs is 3. The van der Waals surface area contributed by atoms with Crippen LogP contribution in [0.5, 0.6) is 0 Å². The summed E-state index contributed by atoms with van der Waals surface area (Å²) in [5, 5.41) is 10.4. The van der Waals surface area contributed by atoms with Gasteiger partial charge in [-0.3, -0.25) is 4.98 Å². The molecule has 3 aromatic rings. The van der Waals surface area contributed by atoms with E-state index in [9.17, 15) is 14.7 Å². The van der Waals surface area contributed by atoms with Gasteiger partial charge in [0.2, 0.25) is 0 Å². The molecule has 3 aromatic heterocycles. The Balaban J connectivity index is 1.77. The fourth-order valence-electron chi connectivity index (χ4n) is 5.17. The Morgan fingerprint density at radius 3 is 2.47 bits per heavy atom. The molecular formula is C23H24Cl2N6O3. The van der Waals surface area contributed by atoms with Gasteiger partial charge in [-0.2, -0.15) is 4.98 Å². The first-order chi connectivity index (χ1) is 16.2. The summed E-state index contributed by atoms with van der Waals surface area (Å²) in [7, 11) is 0. The molecule has 5 rings (SSSR count). The topological polar surface area (TPSA) is 104 Å². The number of anilines is 1. The van der Waals surface area contributed by atoms with Gasteiger partial charge in [0.15, 0.2) is 5.65 Å². The van der Waals surface area contributed by atoms with Crippen LogP contribution >= 0.6 is 23.2 Å². The SMILES string of the molecule is Cc1ccnc(C(C)C)c1-n1c(=O)nc(N2C3CCC2CN(C(=O)O)C3)c2cc(Cl)c(Cl)nc21. The number of aryl methyl sites for hydroxylation is 1. The zero-order valence-electron chi connectivity index (χ0n) is 19.0. The predicted molar refractivity (Wildman–Crippen MR) is 131 cm³/mol. The lowest BCUT2D eigenvalue weighted by atomic mass is 10.0. The Morgan fingerprint density at radius 2 is 1.85 bits per heavy atom. The van der Waals surface area contributed by atoms with E-state index in [-0.39, 0.29) is 28.2 Å². The maximum Gasteiger partial charge on any atom is 0.407 e. The number of hydrogen-bond acceptors (Lipinski definition) is 6. The first kappa shape index (κ1) is 22.9. The molecule has 178 valence electrons. The molecule has 2 fully saturated rings. The number of carboxylic acid groups (broad SMARTS) is 1. The molecule has 0 spiro atoms. The van der Waals surface area contributed by atoms with E-state index in [0.717, 1.165) is 24.1 Å². The van der Waals surface area contributed by atoms with Crippen molar-refractivity contribution in [2.75, 3.05) is 18.0 Å². The molecule has 0 radical (unpaired) electrons. The fourth-order valence-corrected chi connectivity index (χ4v) is 5.46. The Bertz CT molecular complexity index is 1360. The van der Waals surface area contributed by atoms with Crippen LogP contribution in [0.15, 0.2) is 23.1 Å². The van der Waals surface area contributed by atoms with Crippen LogP contribution in [-0.2, 0) is 0 Å². The van der Waals surface area contributed by atoms with E-state index >= 15 is 0 Å². The van der Waals surface area contributed by atoms with Gasteiger partial charge in [-0.1, -0.05) is 37.0 Å². The van der Waals surface area contributed by atoms with Gasteiger partial charge in [-0.25, -0.2) is 19.1 Å². The first-order valence-corrected chi connectivity index (χ1v) is 11.9. The molecule has 2 aliphatic heterocycles. The minimum Gasteiger partial charge on any atom is -0.465 e. The van der Waals surface area contributed by atoms with Crippen LogP contribution in [-0.4, -0.2) is 60.8 Å². The zero-order chi connectivity index (χ0) is 24.3. The maximum atomic E-state index is 13.6. The fraction of sp³-hybridized carbons (Fsp3) is 0.435. The van der Waals surface area contributed by atoms with Crippen LogP contribution in [0.3, 0.4) is 0 Å². The van der Waals surface area contributed by atoms with Gasteiger partial charge < -0.3 is 14.9 Å². The van der Waals surface area contributed by atoms with Crippen molar-refractivity contribution in [2.45, 2.75) is 51.6 Å². The average Bonchev–Trinajstić information content (AvgIpc) is 3.03. The van der Waals surface area contributed by atoms with Crippen LogP contribution in [0.2, 0.25) is 10.2 Å². The van der Waals surface area contributed by atoms with Gasteiger partial charge in [-0.15, -0.1) is 0 Å². The quantitative estimate of drug-likeness (QED) is 0.533. The lowest BCUT2D eigenvalue weighted by Gasteiger charge is -2.41. The number of piperazine rings is 1. The van der Waals surface area contributed by atoms with Crippen molar-refractivity contribution in [2.24, 2.45) is 0 Å². The van der Waals surface area contributed by atoms with E-state index in [2.05, 4.69) is 19.9 Å². The van der Waals surface area contributed by atoms with Gasteiger partial charge in [0.25, 0.3) is 0 Å². The summed E-state index contributed by atoms with van der Waals surface area (Å²) < 4.78 is 1.47. The van der Waals surface area contributed by atoms with Crippen LogP contribution in [0, 0.1) is 6.92 Å². The van der Waals surface area contributed by atoms with Crippen molar-refractivity contribution in [1.29, 1.82) is 0 Å². The number of rotatable bonds is 3. The third-order valence-corrected chi connectivity index (χ3v) is 7.35. The van der Waals surface area contributed by atoms with E-state index in [0.29, 0.717) is 35.6 Å². The highest BCUT2D eigenvalue weighted by Crippen LogP contribution is 2.39. The lowest BCUT2D eigenvalue weighted by Crippen LogP contribution is -2.55. The van der Waals surface area contributed by atoms with Gasteiger partial charge in [0, 0.05) is 31.4 Å². The number of aromatic nitrogens is 4. The van der Waals surface area contributed by atoms with Crippen molar-refractivity contribution in [3.63, 3.8) is 0 Å². The molecule has 1 amide bonds.